The number of fused-ring (bicyclic) bond motifs is 1. The number of carbonyl (C=O) groups excluding carboxylic acids is 1. The third kappa shape index (κ3) is 4.82. The van der Waals surface area contributed by atoms with Crippen LogP contribution in [0.25, 0.3) is 10.3 Å². The maximum Gasteiger partial charge on any atom is 0.417 e. The third-order valence-corrected chi connectivity index (χ3v) is 8.96. The first kappa shape index (κ1) is 25.4. The van der Waals surface area contributed by atoms with Crippen LogP contribution in [0.4, 0.5) is 23.1 Å². The summed E-state index contributed by atoms with van der Waals surface area (Å²) in [6.07, 6.45) is -2.13. The molecule has 1 aliphatic carbocycles. The first-order valence-corrected chi connectivity index (χ1v) is 13.7. The Kier molecular flexibility index (Phi) is 6.26. The fourth-order valence-electron chi connectivity index (χ4n) is 6.25. The number of hydrogen-bond acceptors (Lipinski definition) is 7. The lowest BCUT2D eigenvalue weighted by Gasteiger charge is -2.58. The van der Waals surface area contributed by atoms with E-state index in [1.807, 2.05) is 24.8 Å². The van der Waals surface area contributed by atoms with Crippen molar-refractivity contribution in [2.45, 2.75) is 57.6 Å². The van der Waals surface area contributed by atoms with E-state index >= 15 is 0 Å². The van der Waals surface area contributed by atoms with Crippen LogP contribution in [0.2, 0.25) is 0 Å². The second-order valence-corrected chi connectivity index (χ2v) is 12.1. The van der Waals surface area contributed by atoms with Gasteiger partial charge in [-0.25, -0.2) is 14.8 Å². The average Bonchev–Trinajstić information content (AvgIpc) is 3.24. The van der Waals surface area contributed by atoms with Gasteiger partial charge in [0, 0.05) is 44.3 Å². The SMILES string of the molecule is C[C@@H]1CN(c2nc3cc(C(F)(F)F)cnc3s2)C[C@H](C)N1C(=O)OC1CC2(C1)CN(Cc1ccccc1)C2. The van der Waals surface area contributed by atoms with Crippen molar-refractivity contribution in [2.75, 3.05) is 31.1 Å². The fourth-order valence-corrected chi connectivity index (χ4v) is 7.16. The van der Waals surface area contributed by atoms with Crippen LogP contribution in [-0.2, 0) is 17.5 Å². The Morgan fingerprint density at radius 2 is 1.82 bits per heavy atom. The molecule has 4 heterocycles. The van der Waals surface area contributed by atoms with Crippen molar-refractivity contribution in [3.05, 3.63) is 53.7 Å². The summed E-state index contributed by atoms with van der Waals surface area (Å²) < 4.78 is 45.1. The summed E-state index contributed by atoms with van der Waals surface area (Å²) in [5, 5.41) is 0.615. The zero-order valence-electron chi connectivity index (χ0n) is 21.3. The van der Waals surface area contributed by atoms with E-state index < -0.39 is 11.7 Å². The van der Waals surface area contributed by atoms with Gasteiger partial charge >= 0.3 is 12.3 Å². The number of anilines is 1. The monoisotopic (exact) mass is 545 g/mol. The van der Waals surface area contributed by atoms with Gasteiger partial charge in [0.1, 0.15) is 16.5 Å². The van der Waals surface area contributed by atoms with E-state index in [1.165, 1.54) is 16.9 Å². The van der Waals surface area contributed by atoms with Crippen molar-refractivity contribution < 1.29 is 22.7 Å². The molecule has 0 unspecified atom stereocenters. The summed E-state index contributed by atoms with van der Waals surface area (Å²) in [5.74, 6) is 0. The van der Waals surface area contributed by atoms with E-state index in [4.69, 9.17) is 4.74 Å². The zero-order chi connectivity index (χ0) is 26.7. The topological polar surface area (TPSA) is 61.8 Å². The second kappa shape index (κ2) is 9.37. The van der Waals surface area contributed by atoms with Gasteiger partial charge in [-0.1, -0.05) is 41.7 Å². The minimum Gasteiger partial charge on any atom is -0.446 e. The Labute approximate surface area is 223 Å². The molecule has 0 N–H and O–H groups in total. The van der Waals surface area contributed by atoms with Gasteiger partial charge in [0.2, 0.25) is 0 Å². The van der Waals surface area contributed by atoms with E-state index in [9.17, 15) is 18.0 Å². The van der Waals surface area contributed by atoms with Crippen molar-refractivity contribution in [1.29, 1.82) is 0 Å². The minimum atomic E-state index is -4.46. The first-order valence-electron chi connectivity index (χ1n) is 12.9. The molecule has 2 aliphatic heterocycles. The number of rotatable bonds is 4. The predicted molar refractivity (Wildman–Crippen MR) is 139 cm³/mol. The Balaban J connectivity index is 1.02. The largest absolute Gasteiger partial charge is 0.446 e. The molecule has 1 saturated carbocycles. The molecule has 11 heteroatoms. The number of carbonyl (C=O) groups is 1. The number of benzene rings is 1. The van der Waals surface area contributed by atoms with E-state index in [0.717, 1.165) is 44.7 Å². The molecule has 7 nitrogen and oxygen atoms in total. The van der Waals surface area contributed by atoms with Crippen molar-refractivity contribution >= 4 is 32.9 Å². The van der Waals surface area contributed by atoms with Crippen LogP contribution in [0.1, 0.15) is 37.8 Å². The Bertz CT molecular complexity index is 1310. The molecule has 3 aromatic rings. The summed E-state index contributed by atoms with van der Waals surface area (Å²) in [6.45, 7) is 8.02. The summed E-state index contributed by atoms with van der Waals surface area (Å²) in [4.78, 5) is 28.2. The number of alkyl halides is 3. The Morgan fingerprint density at radius 1 is 1.13 bits per heavy atom. The van der Waals surface area contributed by atoms with Gasteiger partial charge in [0.25, 0.3) is 0 Å². The normalized spacial score (nSPS) is 23.9. The van der Waals surface area contributed by atoms with E-state index in [-0.39, 0.29) is 35.2 Å². The lowest BCUT2D eigenvalue weighted by Crippen LogP contribution is -2.64. The van der Waals surface area contributed by atoms with Gasteiger partial charge in [-0.3, -0.25) is 9.80 Å². The van der Waals surface area contributed by atoms with E-state index in [0.29, 0.717) is 23.1 Å². The number of thiazole rings is 1. The molecule has 1 spiro atoms. The van der Waals surface area contributed by atoms with Crippen molar-refractivity contribution in [1.82, 2.24) is 19.8 Å². The minimum absolute atomic E-state index is 0.0445. The molecule has 1 aromatic carbocycles. The molecule has 1 amide bonds. The third-order valence-electron chi connectivity index (χ3n) is 7.92. The number of halogens is 3. The first-order chi connectivity index (χ1) is 18.1. The van der Waals surface area contributed by atoms with E-state index in [1.54, 1.807) is 4.90 Å². The van der Waals surface area contributed by atoms with Gasteiger partial charge < -0.3 is 9.64 Å². The average molecular weight is 546 g/mol. The van der Waals surface area contributed by atoms with E-state index in [2.05, 4.69) is 39.1 Å². The molecule has 3 aliphatic rings. The standard InChI is InChI=1S/C27H30F3N5O2S/c1-17-12-34(24-32-22-8-20(27(28,29)30)11-31-23(22)38-24)13-18(2)35(17)25(36)37-21-9-26(10-21)15-33(16-26)14-19-6-4-3-5-7-19/h3-8,11,17-18,21H,9-10,12-16H2,1-2H3/t17-,18+. The molecular formula is C27H30F3N5O2S. The van der Waals surface area contributed by atoms with Crippen LogP contribution in [0.15, 0.2) is 42.6 Å². The predicted octanol–water partition coefficient (Wildman–Crippen LogP) is 5.41. The highest BCUT2D eigenvalue weighted by atomic mass is 32.1. The molecule has 0 bridgehead atoms. The molecule has 3 fully saturated rings. The molecular weight excluding hydrogens is 515 g/mol. The van der Waals surface area contributed by atoms with Crippen molar-refractivity contribution in [3.8, 4) is 0 Å². The Hall–Kier alpha value is -2.92. The van der Waals surface area contributed by atoms with Crippen molar-refractivity contribution in [2.24, 2.45) is 5.41 Å². The summed E-state index contributed by atoms with van der Waals surface area (Å²) in [6, 6.07) is 11.2. The molecule has 0 radical (unpaired) electrons. The highest BCUT2D eigenvalue weighted by Crippen LogP contribution is 2.50. The molecule has 202 valence electrons. The zero-order valence-corrected chi connectivity index (χ0v) is 22.1. The van der Waals surface area contributed by atoms with Crippen LogP contribution in [0.5, 0.6) is 0 Å². The Morgan fingerprint density at radius 3 is 2.47 bits per heavy atom. The van der Waals surface area contributed by atoms with Crippen LogP contribution in [0.3, 0.4) is 0 Å². The number of amides is 1. The number of pyridine rings is 1. The van der Waals surface area contributed by atoms with Gasteiger partial charge in [-0.2, -0.15) is 13.2 Å². The van der Waals surface area contributed by atoms with Crippen LogP contribution in [-0.4, -0.2) is 70.2 Å². The number of likely N-dealkylation sites (tertiary alicyclic amines) is 1. The van der Waals surface area contributed by atoms with Crippen molar-refractivity contribution in [3.63, 3.8) is 0 Å². The summed E-state index contributed by atoms with van der Waals surface area (Å²) in [7, 11) is 0. The quantitative estimate of drug-likeness (QED) is 0.437. The highest BCUT2D eigenvalue weighted by Gasteiger charge is 2.54. The van der Waals surface area contributed by atoms with Gasteiger partial charge in [0.15, 0.2) is 5.13 Å². The summed E-state index contributed by atoms with van der Waals surface area (Å²) >= 11 is 1.27. The maximum absolute atomic E-state index is 13.1. The molecule has 6 rings (SSSR count). The molecule has 2 atom stereocenters. The molecule has 2 saturated heterocycles. The van der Waals surface area contributed by atoms with Gasteiger partial charge in [0.05, 0.1) is 17.6 Å². The lowest BCUT2D eigenvalue weighted by atomic mass is 9.61. The van der Waals surface area contributed by atoms with Crippen LogP contribution >= 0.6 is 11.3 Å². The molecule has 38 heavy (non-hydrogen) atoms. The molecule has 2 aromatic heterocycles. The number of nitrogens with zero attached hydrogens (tertiary/aromatic N) is 5. The maximum atomic E-state index is 13.1. The second-order valence-electron chi connectivity index (χ2n) is 11.1. The van der Waals surface area contributed by atoms with Crippen LogP contribution < -0.4 is 4.90 Å². The highest BCUT2D eigenvalue weighted by molar-refractivity contribution is 7.21. The fraction of sp³-hybridized carbons (Fsp3) is 0.519. The summed E-state index contributed by atoms with van der Waals surface area (Å²) in [5.41, 5.74) is 1.03. The van der Waals surface area contributed by atoms with Gasteiger partial charge in [-0.05, 0) is 38.3 Å². The number of piperazine rings is 1. The number of ether oxygens (including phenoxy) is 1. The smallest absolute Gasteiger partial charge is 0.417 e. The van der Waals surface area contributed by atoms with Gasteiger partial charge in [-0.15, -0.1) is 0 Å². The number of aromatic nitrogens is 2. The lowest BCUT2D eigenvalue weighted by molar-refractivity contribution is -0.138. The number of hydrogen-bond donors (Lipinski definition) is 0. The van der Waals surface area contributed by atoms with Crippen LogP contribution in [0, 0.1) is 5.41 Å².